The van der Waals surface area contributed by atoms with Crippen LogP contribution in [0.5, 0.6) is 0 Å². The molecule has 0 saturated carbocycles. The molecule has 0 saturated heterocycles. The summed E-state index contributed by atoms with van der Waals surface area (Å²) in [5, 5.41) is 11.4. The van der Waals surface area contributed by atoms with Crippen molar-refractivity contribution in [2.24, 2.45) is 0 Å². The summed E-state index contributed by atoms with van der Waals surface area (Å²) in [7, 11) is 0. The predicted molar refractivity (Wildman–Crippen MR) is 209 cm³/mol. The number of rotatable bonds is 15. The number of fused-ring (bicyclic) bond motifs is 3. The highest BCUT2D eigenvalue weighted by molar-refractivity contribution is 6.08. The lowest BCUT2D eigenvalue weighted by Gasteiger charge is -2.23. The summed E-state index contributed by atoms with van der Waals surface area (Å²) < 4.78 is 8.66. The molecule has 0 bridgehead atoms. The van der Waals surface area contributed by atoms with Gasteiger partial charge in [0.15, 0.2) is 0 Å². The first kappa shape index (κ1) is 33.5. The first-order valence-corrected chi connectivity index (χ1v) is 18.7. The minimum atomic E-state index is 0.372. The zero-order chi connectivity index (χ0) is 34.3. The van der Waals surface area contributed by atoms with Crippen molar-refractivity contribution in [1.82, 2.24) is 14.8 Å². The van der Waals surface area contributed by atoms with E-state index in [9.17, 15) is 0 Å². The van der Waals surface area contributed by atoms with Crippen LogP contribution < -0.4 is 0 Å². The van der Waals surface area contributed by atoms with Crippen molar-refractivity contribution in [3.8, 4) is 34.0 Å². The maximum absolute atomic E-state index is 6.11. The van der Waals surface area contributed by atoms with E-state index in [0.29, 0.717) is 23.7 Å². The molecule has 5 aromatic carbocycles. The number of hydrogen-bond acceptors (Lipinski definition) is 3. The van der Waals surface area contributed by atoms with Crippen molar-refractivity contribution >= 4 is 21.8 Å². The predicted octanol–water partition coefficient (Wildman–Crippen LogP) is 13.2. The summed E-state index contributed by atoms with van der Waals surface area (Å²) in [6.07, 6.45) is 11.2. The van der Waals surface area contributed by atoms with Crippen LogP contribution in [0, 0.1) is 0 Å². The van der Waals surface area contributed by atoms with Gasteiger partial charge in [-0.25, -0.2) is 0 Å². The molecule has 0 aliphatic rings. The van der Waals surface area contributed by atoms with E-state index in [1.807, 2.05) is 0 Å². The van der Waals surface area contributed by atoms with Gasteiger partial charge in [0.1, 0.15) is 0 Å². The number of nitrogens with zero attached hydrogens (tertiary/aromatic N) is 3. The van der Waals surface area contributed by atoms with E-state index >= 15 is 0 Å². The molecule has 0 radical (unpaired) electrons. The Morgan fingerprint density at radius 1 is 0.560 bits per heavy atom. The molecule has 2 unspecified atom stereocenters. The highest BCUT2D eigenvalue weighted by Gasteiger charge is 2.19. The molecule has 0 N–H and O–H groups in total. The number of aromatic nitrogens is 3. The Morgan fingerprint density at radius 3 is 1.64 bits per heavy atom. The Morgan fingerprint density at radius 2 is 1.06 bits per heavy atom. The molecule has 7 rings (SSSR count). The van der Waals surface area contributed by atoms with E-state index in [4.69, 9.17) is 4.42 Å². The highest BCUT2D eigenvalue weighted by Crippen LogP contribution is 2.37. The Labute approximate surface area is 297 Å². The molecule has 0 amide bonds. The first-order chi connectivity index (χ1) is 24.6. The fraction of sp³-hybridized carbons (Fsp3) is 0.304. The molecule has 254 valence electrons. The van der Waals surface area contributed by atoms with Crippen molar-refractivity contribution in [3.05, 3.63) is 132 Å². The second-order valence-corrected chi connectivity index (χ2v) is 13.9. The largest absolute Gasteiger partial charge is 0.416 e. The van der Waals surface area contributed by atoms with E-state index in [0.717, 1.165) is 30.4 Å². The smallest absolute Gasteiger partial charge is 0.248 e. The summed E-state index contributed by atoms with van der Waals surface area (Å²) in [6, 6.07) is 44.2. The van der Waals surface area contributed by atoms with Crippen LogP contribution in [0.1, 0.15) is 95.2 Å². The highest BCUT2D eigenvalue weighted by atomic mass is 16.4. The van der Waals surface area contributed by atoms with Crippen molar-refractivity contribution in [2.45, 2.75) is 90.5 Å². The summed E-state index contributed by atoms with van der Waals surface area (Å²) in [5.74, 6) is 1.58. The molecule has 4 nitrogen and oxygen atoms in total. The van der Waals surface area contributed by atoms with Gasteiger partial charge >= 0.3 is 0 Å². The lowest BCUT2D eigenvalue weighted by atomic mass is 9.89. The molecule has 4 heteroatoms. The van der Waals surface area contributed by atoms with Gasteiger partial charge in [-0.05, 0) is 97.2 Å². The third-order valence-electron chi connectivity index (χ3n) is 10.5. The van der Waals surface area contributed by atoms with E-state index in [2.05, 4.69) is 157 Å². The van der Waals surface area contributed by atoms with E-state index in [-0.39, 0.29) is 0 Å². The summed E-state index contributed by atoms with van der Waals surface area (Å²) in [6.45, 7) is 6.95. The Bertz CT molecular complexity index is 2070. The van der Waals surface area contributed by atoms with Crippen LogP contribution in [0.25, 0.3) is 55.8 Å². The molecule has 0 aliphatic heterocycles. The SMILES string of the molecule is CCCCCCCCc1ccc(-c2nnc(-c3ccc(-c4ccc(C(CC)CC(C)n5c6ccccc6c6ccccc65)cc4)cc3)o2)cc1. The summed E-state index contributed by atoms with van der Waals surface area (Å²) in [4.78, 5) is 0. The van der Waals surface area contributed by atoms with Crippen molar-refractivity contribution < 1.29 is 4.42 Å². The lowest BCUT2D eigenvalue weighted by molar-refractivity contribution is 0.462. The minimum Gasteiger partial charge on any atom is -0.416 e. The topological polar surface area (TPSA) is 43.9 Å². The summed E-state index contributed by atoms with van der Waals surface area (Å²) in [5.41, 5.74) is 9.67. The number of aryl methyl sites for hydroxylation is 1. The average Bonchev–Trinajstić information content (AvgIpc) is 3.80. The second-order valence-electron chi connectivity index (χ2n) is 13.9. The third kappa shape index (κ3) is 7.31. The van der Waals surface area contributed by atoms with E-state index in [1.54, 1.807) is 0 Å². The fourth-order valence-electron chi connectivity index (χ4n) is 7.62. The van der Waals surface area contributed by atoms with Crippen LogP contribution >= 0.6 is 0 Å². The van der Waals surface area contributed by atoms with Crippen LogP contribution in [0.15, 0.2) is 126 Å². The molecular formula is C46H49N3O. The molecule has 0 spiro atoms. The first-order valence-electron chi connectivity index (χ1n) is 18.7. The standard InChI is InChI=1S/C46H49N3O/c1-4-6-7-8-9-10-15-34-20-22-39(23-21-34)45-47-48-46(50-45)40-30-28-38(29-31-40)37-26-24-36(25-27-37)35(5-2)32-33(3)49-43-18-13-11-16-41(43)42-17-12-14-19-44(42)49/h11-14,16-31,33,35H,4-10,15,32H2,1-3H3. The molecule has 50 heavy (non-hydrogen) atoms. The Kier molecular flexibility index (Phi) is 10.5. The van der Waals surface area contributed by atoms with Gasteiger partial charge in [0.2, 0.25) is 11.8 Å². The van der Waals surface area contributed by atoms with Crippen molar-refractivity contribution in [3.63, 3.8) is 0 Å². The molecular weight excluding hydrogens is 611 g/mol. The zero-order valence-electron chi connectivity index (χ0n) is 29.8. The van der Waals surface area contributed by atoms with E-state index < -0.39 is 0 Å². The summed E-state index contributed by atoms with van der Waals surface area (Å²) >= 11 is 0. The van der Waals surface area contributed by atoms with E-state index in [1.165, 1.54) is 82.6 Å². The molecule has 7 aromatic rings. The van der Waals surface area contributed by atoms with Crippen LogP contribution in [0.2, 0.25) is 0 Å². The number of benzene rings is 5. The molecule has 0 fully saturated rings. The van der Waals surface area contributed by atoms with Crippen molar-refractivity contribution in [2.75, 3.05) is 0 Å². The van der Waals surface area contributed by atoms with Gasteiger partial charge in [-0.15, -0.1) is 10.2 Å². The van der Waals surface area contributed by atoms with Gasteiger partial charge in [0, 0.05) is 39.0 Å². The monoisotopic (exact) mass is 659 g/mol. The third-order valence-corrected chi connectivity index (χ3v) is 10.5. The van der Waals surface area contributed by atoms with Crippen LogP contribution in [0.3, 0.4) is 0 Å². The van der Waals surface area contributed by atoms with Gasteiger partial charge < -0.3 is 8.98 Å². The van der Waals surface area contributed by atoms with Crippen molar-refractivity contribution in [1.29, 1.82) is 0 Å². The van der Waals surface area contributed by atoms with Gasteiger partial charge in [0.05, 0.1) is 0 Å². The second kappa shape index (κ2) is 15.7. The maximum atomic E-state index is 6.11. The fourth-order valence-corrected chi connectivity index (χ4v) is 7.62. The van der Waals surface area contributed by atoms with Gasteiger partial charge in [0.25, 0.3) is 0 Å². The van der Waals surface area contributed by atoms with Gasteiger partial charge in [-0.1, -0.05) is 131 Å². The molecule has 2 atom stereocenters. The zero-order valence-corrected chi connectivity index (χ0v) is 29.8. The molecule has 0 aliphatic carbocycles. The number of unbranched alkanes of at least 4 members (excludes halogenated alkanes) is 5. The normalized spacial score (nSPS) is 12.9. The quantitative estimate of drug-likeness (QED) is 0.103. The maximum Gasteiger partial charge on any atom is 0.248 e. The Balaban J connectivity index is 0.987. The average molecular weight is 660 g/mol. The molecule has 2 heterocycles. The van der Waals surface area contributed by atoms with Gasteiger partial charge in [-0.2, -0.15) is 0 Å². The molecule has 2 aromatic heterocycles. The lowest BCUT2D eigenvalue weighted by Crippen LogP contribution is -2.10. The minimum absolute atomic E-state index is 0.372. The van der Waals surface area contributed by atoms with Gasteiger partial charge in [-0.3, -0.25) is 0 Å². The van der Waals surface area contributed by atoms with Crippen LogP contribution in [-0.2, 0) is 6.42 Å². The Hall–Kier alpha value is -4.96. The van der Waals surface area contributed by atoms with Crippen LogP contribution in [0.4, 0.5) is 0 Å². The van der Waals surface area contributed by atoms with Crippen LogP contribution in [-0.4, -0.2) is 14.8 Å². The number of hydrogen-bond donors (Lipinski definition) is 0. The number of para-hydroxylation sites is 2.